The molecule has 5 rings (SSSR count). The van der Waals surface area contributed by atoms with Crippen molar-refractivity contribution in [2.45, 2.75) is 19.8 Å². The predicted molar refractivity (Wildman–Crippen MR) is 146 cm³/mol. The van der Waals surface area contributed by atoms with Gasteiger partial charge in [-0.1, -0.05) is 72.3 Å². The van der Waals surface area contributed by atoms with Gasteiger partial charge in [0.2, 0.25) is 0 Å². The average molecular weight is 489 g/mol. The molecular weight excluding hydrogens is 460 g/mol. The van der Waals surface area contributed by atoms with Crippen LogP contribution in [0.1, 0.15) is 49.5 Å². The molecule has 5 heteroatoms. The van der Waals surface area contributed by atoms with Crippen LogP contribution in [-0.2, 0) is 0 Å². The van der Waals surface area contributed by atoms with Gasteiger partial charge in [0.15, 0.2) is 0 Å². The van der Waals surface area contributed by atoms with Crippen molar-refractivity contribution in [3.8, 4) is 11.1 Å². The molecule has 3 amide bonds. The van der Waals surface area contributed by atoms with Gasteiger partial charge in [-0.2, -0.15) is 0 Å². The summed E-state index contributed by atoms with van der Waals surface area (Å²) in [5.41, 5.74) is 5.63. The Hall–Kier alpha value is -4.51. The number of benzene rings is 4. The highest BCUT2D eigenvalue weighted by molar-refractivity contribution is 6.21. The second kappa shape index (κ2) is 10.6. The summed E-state index contributed by atoms with van der Waals surface area (Å²) in [7, 11) is 0. The van der Waals surface area contributed by atoms with Gasteiger partial charge in [0, 0.05) is 24.3 Å². The van der Waals surface area contributed by atoms with E-state index in [1.54, 1.807) is 29.2 Å². The maximum Gasteiger partial charge on any atom is 0.261 e. The SMILES string of the molecule is Cc1ccc(N(CCCCN2C(=O)c3ccccc3C2=O)C(=O)c2ccc(-c3ccccc3)cc2)cc1. The number of nitrogens with zero attached hydrogens (tertiary/aromatic N) is 2. The van der Waals surface area contributed by atoms with Gasteiger partial charge < -0.3 is 4.90 Å². The van der Waals surface area contributed by atoms with Crippen LogP contribution in [0.4, 0.5) is 5.69 Å². The molecule has 1 aliphatic rings. The first-order chi connectivity index (χ1) is 18.0. The minimum absolute atomic E-state index is 0.0794. The molecule has 0 radical (unpaired) electrons. The van der Waals surface area contributed by atoms with E-state index < -0.39 is 0 Å². The summed E-state index contributed by atoms with van der Waals surface area (Å²) in [6, 6.07) is 32.5. The van der Waals surface area contributed by atoms with E-state index in [9.17, 15) is 14.4 Å². The van der Waals surface area contributed by atoms with E-state index in [-0.39, 0.29) is 17.7 Å². The maximum atomic E-state index is 13.6. The number of fused-ring (bicyclic) bond motifs is 1. The van der Waals surface area contributed by atoms with E-state index in [1.807, 2.05) is 85.8 Å². The van der Waals surface area contributed by atoms with Crippen LogP contribution in [0.2, 0.25) is 0 Å². The number of carbonyl (C=O) groups excluding carboxylic acids is 3. The number of hydrogen-bond donors (Lipinski definition) is 0. The topological polar surface area (TPSA) is 57.7 Å². The third-order valence-corrected chi connectivity index (χ3v) is 6.72. The van der Waals surface area contributed by atoms with Crippen molar-refractivity contribution in [3.63, 3.8) is 0 Å². The first kappa shape index (κ1) is 24.2. The molecule has 1 heterocycles. The lowest BCUT2D eigenvalue weighted by atomic mass is 10.0. The lowest BCUT2D eigenvalue weighted by Gasteiger charge is -2.24. The summed E-state index contributed by atoms with van der Waals surface area (Å²) < 4.78 is 0. The Kier molecular flexibility index (Phi) is 6.95. The minimum atomic E-state index is -0.245. The summed E-state index contributed by atoms with van der Waals surface area (Å²) in [6.07, 6.45) is 1.25. The number of carbonyl (C=O) groups is 3. The minimum Gasteiger partial charge on any atom is -0.308 e. The Morgan fingerprint density at radius 3 is 1.86 bits per heavy atom. The van der Waals surface area contributed by atoms with Crippen LogP contribution in [-0.4, -0.2) is 35.7 Å². The van der Waals surface area contributed by atoms with Crippen LogP contribution < -0.4 is 4.90 Å². The summed E-state index contributed by atoms with van der Waals surface area (Å²) in [5, 5.41) is 0. The third kappa shape index (κ3) is 5.07. The summed E-state index contributed by atoms with van der Waals surface area (Å²) in [5.74, 6) is -0.569. The zero-order chi connectivity index (χ0) is 25.8. The number of unbranched alkanes of at least 4 members (excludes halogenated alkanes) is 1. The molecule has 184 valence electrons. The van der Waals surface area contributed by atoms with Crippen LogP contribution >= 0.6 is 0 Å². The zero-order valence-corrected chi connectivity index (χ0v) is 20.8. The molecule has 0 saturated carbocycles. The maximum absolute atomic E-state index is 13.6. The molecule has 0 bridgehead atoms. The van der Waals surface area contributed by atoms with E-state index in [2.05, 4.69) is 0 Å². The molecule has 0 atom stereocenters. The van der Waals surface area contributed by atoms with E-state index in [0.717, 1.165) is 22.4 Å². The molecule has 1 aliphatic heterocycles. The Bertz CT molecular complexity index is 1390. The van der Waals surface area contributed by atoms with Gasteiger partial charge in [0.05, 0.1) is 11.1 Å². The molecule has 37 heavy (non-hydrogen) atoms. The van der Waals surface area contributed by atoms with Gasteiger partial charge in [-0.15, -0.1) is 0 Å². The van der Waals surface area contributed by atoms with Crippen LogP contribution in [0.15, 0.2) is 103 Å². The van der Waals surface area contributed by atoms with Crippen LogP contribution in [0.5, 0.6) is 0 Å². The van der Waals surface area contributed by atoms with Crippen molar-refractivity contribution in [2.24, 2.45) is 0 Å². The number of imide groups is 1. The first-order valence-electron chi connectivity index (χ1n) is 12.5. The molecule has 0 unspecified atom stereocenters. The van der Waals surface area contributed by atoms with Gasteiger partial charge in [-0.05, 0) is 67.3 Å². The standard InChI is InChI=1S/C32H28N2O3/c1-23-13-19-27(20-14-23)33(30(35)26-17-15-25(16-18-26)24-9-3-2-4-10-24)21-7-8-22-34-31(36)28-11-5-6-12-29(28)32(34)37/h2-6,9-20H,7-8,21-22H2,1H3. The van der Waals surface area contributed by atoms with Crippen LogP contribution in [0.25, 0.3) is 11.1 Å². The Labute approximate surface area is 217 Å². The van der Waals surface area contributed by atoms with Crippen molar-refractivity contribution in [2.75, 3.05) is 18.0 Å². The van der Waals surface area contributed by atoms with Crippen molar-refractivity contribution in [1.82, 2.24) is 4.90 Å². The quantitative estimate of drug-likeness (QED) is 0.213. The lowest BCUT2D eigenvalue weighted by molar-refractivity contribution is 0.0651. The summed E-state index contributed by atoms with van der Waals surface area (Å²) >= 11 is 0. The van der Waals surface area contributed by atoms with E-state index >= 15 is 0 Å². The van der Waals surface area contributed by atoms with Gasteiger partial charge >= 0.3 is 0 Å². The largest absolute Gasteiger partial charge is 0.308 e. The fourth-order valence-electron chi connectivity index (χ4n) is 4.65. The fraction of sp³-hybridized carbons (Fsp3) is 0.156. The predicted octanol–water partition coefficient (Wildman–Crippen LogP) is 6.39. The molecule has 4 aromatic rings. The van der Waals surface area contributed by atoms with Crippen LogP contribution in [0.3, 0.4) is 0 Å². The number of rotatable bonds is 8. The van der Waals surface area contributed by atoms with Gasteiger partial charge in [-0.3, -0.25) is 19.3 Å². The molecule has 5 nitrogen and oxygen atoms in total. The Balaban J connectivity index is 1.28. The highest BCUT2D eigenvalue weighted by atomic mass is 16.2. The molecule has 4 aromatic carbocycles. The molecular formula is C32H28N2O3. The summed E-state index contributed by atoms with van der Waals surface area (Å²) in [6.45, 7) is 2.82. The second-order valence-corrected chi connectivity index (χ2v) is 9.25. The lowest BCUT2D eigenvalue weighted by Crippen LogP contribution is -2.34. The van der Waals surface area contributed by atoms with Crippen molar-refractivity contribution in [3.05, 3.63) is 125 Å². The molecule has 0 fully saturated rings. The number of hydrogen-bond acceptors (Lipinski definition) is 3. The van der Waals surface area contributed by atoms with Crippen molar-refractivity contribution in [1.29, 1.82) is 0 Å². The molecule has 0 spiro atoms. The monoisotopic (exact) mass is 488 g/mol. The van der Waals surface area contributed by atoms with Crippen LogP contribution in [0, 0.1) is 6.92 Å². The van der Waals surface area contributed by atoms with Gasteiger partial charge in [-0.25, -0.2) is 0 Å². The normalized spacial score (nSPS) is 12.5. The highest BCUT2D eigenvalue weighted by Crippen LogP contribution is 2.25. The van der Waals surface area contributed by atoms with Gasteiger partial charge in [0.1, 0.15) is 0 Å². The van der Waals surface area contributed by atoms with Crippen molar-refractivity contribution < 1.29 is 14.4 Å². The smallest absolute Gasteiger partial charge is 0.261 e. The summed E-state index contributed by atoms with van der Waals surface area (Å²) in [4.78, 5) is 42.0. The Morgan fingerprint density at radius 1 is 0.676 bits per heavy atom. The Morgan fingerprint density at radius 2 is 1.24 bits per heavy atom. The number of aryl methyl sites for hydroxylation is 1. The number of anilines is 1. The first-order valence-corrected chi connectivity index (χ1v) is 12.5. The van der Waals surface area contributed by atoms with E-state index in [4.69, 9.17) is 0 Å². The zero-order valence-electron chi connectivity index (χ0n) is 20.8. The fourth-order valence-corrected chi connectivity index (χ4v) is 4.65. The average Bonchev–Trinajstić information content (AvgIpc) is 3.19. The second-order valence-electron chi connectivity index (χ2n) is 9.25. The number of amides is 3. The van der Waals surface area contributed by atoms with Crippen molar-refractivity contribution >= 4 is 23.4 Å². The molecule has 0 aliphatic carbocycles. The molecule has 0 N–H and O–H groups in total. The van der Waals surface area contributed by atoms with E-state index in [0.29, 0.717) is 42.6 Å². The third-order valence-electron chi connectivity index (χ3n) is 6.72. The van der Waals surface area contributed by atoms with Gasteiger partial charge in [0.25, 0.3) is 17.7 Å². The molecule has 0 saturated heterocycles. The molecule has 0 aromatic heterocycles. The highest BCUT2D eigenvalue weighted by Gasteiger charge is 2.34. The van der Waals surface area contributed by atoms with E-state index in [1.165, 1.54) is 4.90 Å².